The van der Waals surface area contributed by atoms with Gasteiger partial charge in [0.05, 0.1) is 18.7 Å². The maximum atomic E-state index is 13.2. The van der Waals surface area contributed by atoms with Crippen molar-refractivity contribution < 1.29 is 19.1 Å². The van der Waals surface area contributed by atoms with Gasteiger partial charge in [-0.05, 0) is 78.9 Å². The SMILES string of the molecule is CCOC(=O)c1ccc(N(Cc2ccncc2)C(=O)COc2ccc(C(C)CC)cc2)cc1. The van der Waals surface area contributed by atoms with Gasteiger partial charge in [-0.1, -0.05) is 26.0 Å². The Morgan fingerprint density at radius 3 is 2.21 bits per heavy atom. The lowest BCUT2D eigenvalue weighted by atomic mass is 9.99. The summed E-state index contributed by atoms with van der Waals surface area (Å²) >= 11 is 0. The minimum absolute atomic E-state index is 0.104. The highest BCUT2D eigenvalue weighted by Gasteiger charge is 2.18. The molecule has 0 radical (unpaired) electrons. The van der Waals surface area contributed by atoms with Crippen LogP contribution in [0.25, 0.3) is 0 Å². The Bertz CT molecular complexity index is 1030. The third kappa shape index (κ3) is 6.65. The Balaban J connectivity index is 1.74. The van der Waals surface area contributed by atoms with Gasteiger partial charge >= 0.3 is 5.97 Å². The van der Waals surface area contributed by atoms with Crippen molar-refractivity contribution in [2.45, 2.75) is 39.7 Å². The van der Waals surface area contributed by atoms with Crippen LogP contribution in [-0.4, -0.2) is 30.1 Å². The molecule has 0 fully saturated rings. The van der Waals surface area contributed by atoms with E-state index in [9.17, 15) is 9.59 Å². The first-order chi connectivity index (χ1) is 16.0. The molecule has 1 atom stereocenters. The van der Waals surface area contributed by atoms with Crippen molar-refractivity contribution in [2.75, 3.05) is 18.1 Å². The molecule has 1 unspecified atom stereocenters. The van der Waals surface area contributed by atoms with Crippen molar-refractivity contribution in [1.82, 2.24) is 4.98 Å². The summed E-state index contributed by atoms with van der Waals surface area (Å²) in [6.07, 6.45) is 4.45. The Hall–Kier alpha value is -3.67. The topological polar surface area (TPSA) is 68.7 Å². The molecule has 0 saturated carbocycles. The van der Waals surface area contributed by atoms with Crippen LogP contribution in [0, 0.1) is 0 Å². The molecule has 172 valence electrons. The van der Waals surface area contributed by atoms with E-state index in [4.69, 9.17) is 9.47 Å². The van der Waals surface area contributed by atoms with Gasteiger partial charge in [-0.3, -0.25) is 9.78 Å². The summed E-state index contributed by atoms with van der Waals surface area (Å²) in [5.41, 5.74) is 3.29. The molecule has 0 aliphatic heterocycles. The van der Waals surface area contributed by atoms with Crippen molar-refractivity contribution in [2.24, 2.45) is 0 Å². The van der Waals surface area contributed by atoms with Crippen molar-refractivity contribution in [1.29, 1.82) is 0 Å². The van der Waals surface area contributed by atoms with E-state index in [1.54, 1.807) is 48.5 Å². The number of hydrogen-bond acceptors (Lipinski definition) is 5. The lowest BCUT2D eigenvalue weighted by Crippen LogP contribution is -2.34. The first-order valence-electron chi connectivity index (χ1n) is 11.2. The Morgan fingerprint density at radius 1 is 0.939 bits per heavy atom. The van der Waals surface area contributed by atoms with E-state index in [0.29, 0.717) is 36.1 Å². The molecule has 33 heavy (non-hydrogen) atoms. The van der Waals surface area contributed by atoms with Crippen LogP contribution in [0.2, 0.25) is 0 Å². The minimum Gasteiger partial charge on any atom is -0.484 e. The number of benzene rings is 2. The summed E-state index contributed by atoms with van der Waals surface area (Å²) in [5.74, 6) is 0.549. The number of aromatic nitrogens is 1. The average molecular weight is 447 g/mol. The molecule has 6 nitrogen and oxygen atoms in total. The van der Waals surface area contributed by atoms with Gasteiger partial charge in [-0.15, -0.1) is 0 Å². The number of carbonyl (C=O) groups is 2. The van der Waals surface area contributed by atoms with Crippen LogP contribution >= 0.6 is 0 Å². The maximum Gasteiger partial charge on any atom is 0.338 e. The largest absolute Gasteiger partial charge is 0.484 e. The fourth-order valence-electron chi connectivity index (χ4n) is 3.34. The van der Waals surface area contributed by atoms with Crippen molar-refractivity contribution >= 4 is 17.6 Å². The zero-order chi connectivity index (χ0) is 23.6. The molecule has 0 spiro atoms. The Labute approximate surface area is 195 Å². The zero-order valence-corrected chi connectivity index (χ0v) is 19.4. The molecule has 1 aromatic heterocycles. The average Bonchev–Trinajstić information content (AvgIpc) is 2.86. The molecule has 0 N–H and O–H groups in total. The second-order valence-electron chi connectivity index (χ2n) is 7.77. The molecule has 3 rings (SSSR count). The summed E-state index contributed by atoms with van der Waals surface area (Å²) in [4.78, 5) is 30.8. The van der Waals surface area contributed by atoms with Crippen LogP contribution in [0.3, 0.4) is 0 Å². The predicted molar refractivity (Wildman–Crippen MR) is 128 cm³/mol. The number of hydrogen-bond donors (Lipinski definition) is 0. The molecule has 0 aliphatic carbocycles. The number of anilines is 1. The highest BCUT2D eigenvalue weighted by atomic mass is 16.5. The quantitative estimate of drug-likeness (QED) is 0.391. The summed E-state index contributed by atoms with van der Waals surface area (Å²) in [7, 11) is 0. The summed E-state index contributed by atoms with van der Waals surface area (Å²) in [6, 6.07) is 18.4. The smallest absolute Gasteiger partial charge is 0.338 e. The van der Waals surface area contributed by atoms with Gasteiger partial charge in [-0.2, -0.15) is 0 Å². The molecule has 0 saturated heterocycles. The van der Waals surface area contributed by atoms with E-state index in [-0.39, 0.29) is 18.5 Å². The van der Waals surface area contributed by atoms with E-state index in [0.717, 1.165) is 12.0 Å². The van der Waals surface area contributed by atoms with Gasteiger partial charge in [0.1, 0.15) is 5.75 Å². The molecule has 2 aromatic carbocycles. The summed E-state index contributed by atoms with van der Waals surface area (Å²) in [6.45, 7) is 6.67. The van der Waals surface area contributed by atoms with Gasteiger partial charge in [0, 0.05) is 18.1 Å². The van der Waals surface area contributed by atoms with Gasteiger partial charge in [0.2, 0.25) is 0 Å². The maximum absolute atomic E-state index is 13.2. The lowest BCUT2D eigenvalue weighted by molar-refractivity contribution is -0.120. The molecule has 1 heterocycles. The number of amides is 1. The van der Waals surface area contributed by atoms with E-state index in [1.807, 2.05) is 36.4 Å². The van der Waals surface area contributed by atoms with Gasteiger partial charge in [-0.25, -0.2) is 4.79 Å². The Kier molecular flexibility index (Phi) is 8.58. The molecule has 6 heteroatoms. The number of nitrogens with zero attached hydrogens (tertiary/aromatic N) is 2. The zero-order valence-electron chi connectivity index (χ0n) is 19.4. The van der Waals surface area contributed by atoms with Gasteiger partial charge in [0.25, 0.3) is 5.91 Å². The van der Waals surface area contributed by atoms with Gasteiger partial charge < -0.3 is 14.4 Å². The van der Waals surface area contributed by atoms with Crippen molar-refractivity contribution in [3.05, 3.63) is 89.7 Å². The third-order valence-corrected chi connectivity index (χ3v) is 5.51. The standard InChI is InChI=1S/C27H30N2O4/c1-4-20(3)22-8-12-25(13-9-22)33-19-26(30)29(18-21-14-16-28-17-15-21)24-10-6-23(7-11-24)27(31)32-5-2/h6-17,20H,4-5,18-19H2,1-3H3. The van der Waals surface area contributed by atoms with Crippen molar-refractivity contribution in [3.8, 4) is 5.75 Å². The fourth-order valence-corrected chi connectivity index (χ4v) is 3.34. The highest BCUT2D eigenvalue weighted by molar-refractivity contribution is 5.95. The molecule has 0 aliphatic rings. The van der Waals surface area contributed by atoms with Crippen LogP contribution in [-0.2, 0) is 16.1 Å². The normalized spacial score (nSPS) is 11.5. The van der Waals surface area contributed by atoms with Crippen LogP contribution in [0.5, 0.6) is 5.75 Å². The molecular weight excluding hydrogens is 416 g/mol. The van der Waals surface area contributed by atoms with E-state index in [1.165, 1.54) is 5.56 Å². The first-order valence-corrected chi connectivity index (χ1v) is 11.2. The molecule has 0 bridgehead atoms. The monoisotopic (exact) mass is 446 g/mol. The molecule has 3 aromatic rings. The fraction of sp³-hybridized carbons (Fsp3) is 0.296. The number of esters is 1. The number of rotatable bonds is 10. The van der Waals surface area contributed by atoms with E-state index < -0.39 is 0 Å². The second-order valence-corrected chi connectivity index (χ2v) is 7.77. The third-order valence-electron chi connectivity index (χ3n) is 5.51. The number of carbonyl (C=O) groups excluding carboxylic acids is 2. The lowest BCUT2D eigenvalue weighted by Gasteiger charge is -2.23. The number of pyridine rings is 1. The van der Waals surface area contributed by atoms with Crippen LogP contribution in [0.15, 0.2) is 73.1 Å². The molecular formula is C27H30N2O4. The Morgan fingerprint density at radius 2 is 1.61 bits per heavy atom. The summed E-state index contributed by atoms with van der Waals surface area (Å²) in [5, 5.41) is 0. The number of ether oxygens (including phenoxy) is 2. The van der Waals surface area contributed by atoms with Crippen molar-refractivity contribution in [3.63, 3.8) is 0 Å². The first kappa shape index (κ1) is 24.0. The minimum atomic E-state index is -0.389. The van der Waals surface area contributed by atoms with Crippen LogP contribution in [0.1, 0.15) is 54.6 Å². The highest BCUT2D eigenvalue weighted by Crippen LogP contribution is 2.23. The van der Waals surface area contributed by atoms with Crippen LogP contribution in [0.4, 0.5) is 5.69 Å². The van der Waals surface area contributed by atoms with Gasteiger partial charge in [0.15, 0.2) is 6.61 Å². The van der Waals surface area contributed by atoms with Crippen LogP contribution < -0.4 is 9.64 Å². The van der Waals surface area contributed by atoms with E-state index >= 15 is 0 Å². The van der Waals surface area contributed by atoms with E-state index in [2.05, 4.69) is 18.8 Å². The summed E-state index contributed by atoms with van der Waals surface area (Å²) < 4.78 is 10.8. The second kappa shape index (κ2) is 11.8. The molecule has 1 amide bonds. The predicted octanol–water partition coefficient (Wildman–Crippen LogP) is 5.38.